The summed E-state index contributed by atoms with van der Waals surface area (Å²) in [4.78, 5) is 15.4. The first-order valence-electron chi connectivity index (χ1n) is 24.4. The fourth-order valence-corrected chi connectivity index (χ4v) is 10.1. The first kappa shape index (κ1) is 49.2. The van der Waals surface area contributed by atoms with Gasteiger partial charge in [-0.25, -0.2) is 0 Å². The Labute approximate surface area is 346 Å². The summed E-state index contributed by atoms with van der Waals surface area (Å²) < 4.78 is 0. The molecule has 0 aliphatic carbocycles. The lowest BCUT2D eigenvalue weighted by molar-refractivity contribution is -0.117. The van der Waals surface area contributed by atoms with E-state index in [9.17, 15) is 4.79 Å². The van der Waals surface area contributed by atoms with Crippen LogP contribution in [0.5, 0.6) is 0 Å². The van der Waals surface area contributed by atoms with E-state index in [0.29, 0.717) is 18.6 Å². The number of aryl methyl sites for hydroxylation is 2. The maximum Gasteiger partial charge on any atom is 0.143 e. The summed E-state index contributed by atoms with van der Waals surface area (Å²) >= 11 is 3.59. The Bertz CT molecular complexity index is 983. The molecule has 0 amide bonds. The summed E-state index contributed by atoms with van der Waals surface area (Å²) in [7, 11) is 0. The number of rotatable bonds is 42. The SMILES string of the molecule is CCCCCCCCCCCCCCCCCCCCc1csc(CC(=O)Cc2cc(CCCCCCCCCCCCCCCCCCCC)cs2)c1. The van der Waals surface area contributed by atoms with Crippen LogP contribution in [0.4, 0.5) is 0 Å². The van der Waals surface area contributed by atoms with Crippen LogP contribution in [0, 0.1) is 0 Å². The van der Waals surface area contributed by atoms with Crippen molar-refractivity contribution < 1.29 is 4.79 Å². The summed E-state index contributed by atoms with van der Waals surface area (Å²) in [6.07, 6.45) is 54.9. The Balaban J connectivity index is 1.35. The summed E-state index contributed by atoms with van der Waals surface area (Å²) in [5, 5.41) is 4.61. The third-order valence-corrected chi connectivity index (χ3v) is 13.8. The van der Waals surface area contributed by atoms with Crippen LogP contribution in [-0.2, 0) is 30.5 Å². The number of unbranched alkanes of at least 4 members (excludes halogenated alkanes) is 34. The van der Waals surface area contributed by atoms with E-state index in [-0.39, 0.29) is 0 Å². The zero-order valence-corrected chi connectivity index (χ0v) is 38.0. The highest BCUT2D eigenvalue weighted by atomic mass is 32.1. The molecule has 0 fully saturated rings. The Kier molecular flexibility index (Phi) is 34.3. The molecule has 2 heterocycles. The average Bonchev–Trinajstić information content (AvgIpc) is 3.82. The molecule has 0 N–H and O–H groups in total. The summed E-state index contributed by atoms with van der Waals surface area (Å²) in [6, 6.07) is 4.63. The van der Waals surface area contributed by atoms with Crippen LogP contribution in [0.1, 0.15) is 266 Å². The maximum absolute atomic E-state index is 12.9. The maximum atomic E-state index is 12.9. The van der Waals surface area contributed by atoms with E-state index in [1.54, 1.807) is 22.7 Å². The van der Waals surface area contributed by atoms with Gasteiger partial charge < -0.3 is 0 Å². The van der Waals surface area contributed by atoms with Gasteiger partial charge in [0.15, 0.2) is 0 Å². The first-order chi connectivity index (χ1) is 26.7. The second-order valence-corrected chi connectivity index (χ2v) is 19.2. The number of ketones is 1. The van der Waals surface area contributed by atoms with Gasteiger partial charge in [-0.2, -0.15) is 0 Å². The fraction of sp³-hybridized carbons (Fsp3) is 0.824. The summed E-state index contributed by atoms with van der Waals surface area (Å²) in [6.45, 7) is 4.60. The third-order valence-electron chi connectivity index (χ3n) is 11.8. The van der Waals surface area contributed by atoms with Crippen LogP contribution in [0.3, 0.4) is 0 Å². The van der Waals surface area contributed by atoms with Gasteiger partial charge in [0.05, 0.1) is 0 Å². The van der Waals surface area contributed by atoms with Crippen molar-refractivity contribution in [3.63, 3.8) is 0 Å². The molecule has 0 saturated carbocycles. The summed E-state index contributed by atoms with van der Waals surface area (Å²) in [5.41, 5.74) is 2.89. The molecule has 0 aromatic carbocycles. The molecule has 312 valence electrons. The predicted molar refractivity (Wildman–Crippen MR) is 246 cm³/mol. The largest absolute Gasteiger partial charge is 0.299 e. The minimum Gasteiger partial charge on any atom is -0.299 e. The standard InChI is InChI=1S/C51H90OS2/c1-3-5-7-9-11-13-15-17-19-21-23-25-27-29-31-33-35-37-39-47-41-50(53-45-47)43-49(52)44-51-42-48(46-54-51)40-38-36-34-32-30-28-26-24-22-20-18-16-14-12-10-8-6-4-2/h41-42,45-46H,3-40,43-44H2,1-2H3. The Morgan fingerprint density at radius 2 is 0.574 bits per heavy atom. The molecule has 2 aromatic heterocycles. The lowest BCUT2D eigenvalue weighted by atomic mass is 10.0. The Morgan fingerprint density at radius 1 is 0.352 bits per heavy atom. The number of hydrogen-bond donors (Lipinski definition) is 0. The van der Waals surface area contributed by atoms with E-state index in [1.807, 2.05) is 0 Å². The topological polar surface area (TPSA) is 17.1 Å². The zero-order valence-electron chi connectivity index (χ0n) is 36.3. The molecule has 0 saturated heterocycles. The molecular formula is C51H90OS2. The molecule has 1 nitrogen and oxygen atoms in total. The van der Waals surface area contributed by atoms with Crippen LogP contribution in [0.2, 0.25) is 0 Å². The second kappa shape index (κ2) is 37.6. The number of Topliss-reactive ketones (excluding diaryl/α,β-unsaturated/α-hetero) is 1. The zero-order chi connectivity index (χ0) is 38.4. The molecule has 0 atom stereocenters. The van der Waals surface area contributed by atoms with Gasteiger partial charge in [-0.05, 0) is 59.7 Å². The van der Waals surface area contributed by atoms with Gasteiger partial charge in [0.2, 0.25) is 0 Å². The van der Waals surface area contributed by atoms with E-state index in [4.69, 9.17) is 0 Å². The fourth-order valence-electron chi connectivity index (χ4n) is 8.21. The Hall–Kier alpha value is -0.930. The lowest BCUT2D eigenvalue weighted by Crippen LogP contribution is -2.04. The lowest BCUT2D eigenvalue weighted by Gasteiger charge is -2.04. The monoisotopic (exact) mass is 783 g/mol. The number of carbonyl (C=O) groups is 1. The average molecular weight is 783 g/mol. The number of carbonyl (C=O) groups excluding carboxylic acids is 1. The minimum absolute atomic E-state index is 0.373. The molecule has 0 aliphatic rings. The van der Waals surface area contributed by atoms with Crippen molar-refractivity contribution in [3.8, 4) is 0 Å². The molecule has 0 bridgehead atoms. The predicted octanol–water partition coefficient (Wildman–Crippen LogP) is 18.3. The van der Waals surface area contributed by atoms with Crippen molar-refractivity contribution in [3.05, 3.63) is 43.8 Å². The molecule has 0 aliphatic heterocycles. The van der Waals surface area contributed by atoms with Gasteiger partial charge >= 0.3 is 0 Å². The van der Waals surface area contributed by atoms with Gasteiger partial charge in [-0.3, -0.25) is 4.79 Å². The van der Waals surface area contributed by atoms with Crippen LogP contribution >= 0.6 is 22.7 Å². The van der Waals surface area contributed by atoms with Gasteiger partial charge in [0, 0.05) is 22.6 Å². The highest BCUT2D eigenvalue weighted by molar-refractivity contribution is 7.10. The van der Waals surface area contributed by atoms with Crippen molar-refractivity contribution in [1.29, 1.82) is 0 Å². The van der Waals surface area contributed by atoms with Crippen LogP contribution in [0.15, 0.2) is 22.9 Å². The van der Waals surface area contributed by atoms with Crippen molar-refractivity contribution in [2.75, 3.05) is 0 Å². The van der Waals surface area contributed by atoms with Gasteiger partial charge in [-0.1, -0.05) is 232 Å². The van der Waals surface area contributed by atoms with E-state index >= 15 is 0 Å². The quantitative estimate of drug-likeness (QED) is 0.0613. The molecular weight excluding hydrogens is 693 g/mol. The van der Waals surface area contributed by atoms with Crippen LogP contribution < -0.4 is 0 Å². The van der Waals surface area contributed by atoms with Crippen molar-refractivity contribution >= 4 is 28.5 Å². The second-order valence-electron chi connectivity index (χ2n) is 17.3. The van der Waals surface area contributed by atoms with Crippen molar-refractivity contribution in [2.24, 2.45) is 0 Å². The third kappa shape index (κ3) is 30.2. The first-order valence-corrected chi connectivity index (χ1v) is 26.1. The van der Waals surface area contributed by atoms with E-state index in [1.165, 1.54) is 265 Å². The minimum atomic E-state index is 0.373. The smallest absolute Gasteiger partial charge is 0.143 e. The molecule has 0 radical (unpaired) electrons. The van der Waals surface area contributed by atoms with E-state index in [0.717, 1.165) is 0 Å². The van der Waals surface area contributed by atoms with Crippen LogP contribution in [0.25, 0.3) is 0 Å². The highest BCUT2D eigenvalue weighted by Gasteiger charge is 2.10. The molecule has 2 aromatic rings. The van der Waals surface area contributed by atoms with Crippen molar-refractivity contribution in [1.82, 2.24) is 0 Å². The molecule has 0 spiro atoms. The van der Waals surface area contributed by atoms with Crippen molar-refractivity contribution in [2.45, 2.75) is 271 Å². The van der Waals surface area contributed by atoms with Gasteiger partial charge in [0.1, 0.15) is 5.78 Å². The van der Waals surface area contributed by atoms with E-state index in [2.05, 4.69) is 36.7 Å². The normalized spacial score (nSPS) is 11.6. The van der Waals surface area contributed by atoms with E-state index < -0.39 is 0 Å². The van der Waals surface area contributed by atoms with Gasteiger partial charge in [-0.15, -0.1) is 22.7 Å². The van der Waals surface area contributed by atoms with Gasteiger partial charge in [0.25, 0.3) is 0 Å². The highest BCUT2D eigenvalue weighted by Crippen LogP contribution is 2.23. The Morgan fingerprint density at radius 3 is 0.815 bits per heavy atom. The number of hydrogen-bond acceptors (Lipinski definition) is 3. The molecule has 3 heteroatoms. The number of thiophene rings is 2. The van der Waals surface area contributed by atoms with Crippen LogP contribution in [-0.4, -0.2) is 5.78 Å². The summed E-state index contributed by atoms with van der Waals surface area (Å²) in [5.74, 6) is 0.373. The molecule has 54 heavy (non-hydrogen) atoms. The molecule has 0 unspecified atom stereocenters. The molecule has 2 rings (SSSR count).